The Morgan fingerprint density at radius 2 is 1.57 bits per heavy atom. The van der Waals surface area contributed by atoms with Crippen molar-refractivity contribution in [1.29, 1.82) is 0 Å². The Balaban J connectivity index is 2.25. The Morgan fingerprint density at radius 3 is 2.13 bits per heavy atom. The van der Waals surface area contributed by atoms with E-state index in [2.05, 4.69) is 0 Å². The van der Waals surface area contributed by atoms with Crippen LogP contribution in [0.4, 0.5) is 11.4 Å². The first-order chi connectivity index (χ1) is 11.0. The van der Waals surface area contributed by atoms with Gasteiger partial charge in [0.15, 0.2) is 0 Å². The van der Waals surface area contributed by atoms with E-state index < -0.39 is 0 Å². The van der Waals surface area contributed by atoms with Gasteiger partial charge in [0.1, 0.15) is 6.54 Å². The Morgan fingerprint density at radius 1 is 0.957 bits per heavy atom. The van der Waals surface area contributed by atoms with Crippen molar-refractivity contribution in [3.05, 3.63) is 59.6 Å². The number of anilines is 2. The van der Waals surface area contributed by atoms with Crippen LogP contribution in [0.2, 0.25) is 5.02 Å². The van der Waals surface area contributed by atoms with Gasteiger partial charge in [0.05, 0.1) is 10.7 Å². The lowest BCUT2D eigenvalue weighted by atomic mass is 10.2. The van der Waals surface area contributed by atoms with Crippen LogP contribution in [0, 0.1) is 0 Å². The molecule has 0 radical (unpaired) electrons. The van der Waals surface area contributed by atoms with Crippen molar-refractivity contribution >= 4 is 34.8 Å². The van der Waals surface area contributed by atoms with Gasteiger partial charge in [-0.05, 0) is 31.2 Å². The van der Waals surface area contributed by atoms with Crippen molar-refractivity contribution in [2.75, 3.05) is 22.9 Å². The van der Waals surface area contributed by atoms with E-state index in [1.807, 2.05) is 37.3 Å². The van der Waals surface area contributed by atoms with Gasteiger partial charge >= 0.3 is 0 Å². The number of rotatable bonds is 5. The third kappa shape index (κ3) is 4.11. The molecule has 0 fully saturated rings. The number of halogens is 1. The monoisotopic (exact) mass is 330 g/mol. The normalized spacial score (nSPS) is 10.2. The molecule has 0 aliphatic rings. The molecular formula is C18H19ClN2O2. The topological polar surface area (TPSA) is 40.6 Å². The third-order valence-corrected chi connectivity index (χ3v) is 3.82. The molecule has 2 aromatic carbocycles. The highest BCUT2D eigenvalue weighted by Gasteiger charge is 2.22. The Bertz CT molecular complexity index is 688. The molecule has 2 amide bonds. The highest BCUT2D eigenvalue weighted by Crippen LogP contribution is 2.25. The van der Waals surface area contributed by atoms with Gasteiger partial charge in [0.25, 0.3) is 0 Å². The molecule has 0 saturated heterocycles. The van der Waals surface area contributed by atoms with Crippen LogP contribution >= 0.6 is 11.6 Å². The molecule has 0 N–H and O–H groups in total. The predicted molar refractivity (Wildman–Crippen MR) is 93.9 cm³/mol. The predicted octanol–water partition coefficient (Wildman–Crippen LogP) is 3.75. The van der Waals surface area contributed by atoms with E-state index in [0.717, 1.165) is 5.69 Å². The summed E-state index contributed by atoms with van der Waals surface area (Å²) < 4.78 is 0. The summed E-state index contributed by atoms with van der Waals surface area (Å²) in [5.41, 5.74) is 1.35. The van der Waals surface area contributed by atoms with Crippen LogP contribution in [-0.4, -0.2) is 24.9 Å². The summed E-state index contributed by atoms with van der Waals surface area (Å²) >= 11 is 6.16. The SMILES string of the molecule is CCN(C(=O)CN(C(C)=O)c1ccccc1Cl)c1ccccc1. The van der Waals surface area contributed by atoms with Crippen molar-refractivity contribution in [3.63, 3.8) is 0 Å². The maximum absolute atomic E-state index is 12.7. The summed E-state index contributed by atoms with van der Waals surface area (Å²) in [5, 5.41) is 0.443. The van der Waals surface area contributed by atoms with Crippen molar-refractivity contribution in [2.24, 2.45) is 0 Å². The Kier molecular flexibility index (Phi) is 5.77. The molecule has 0 bridgehead atoms. The highest BCUT2D eigenvalue weighted by molar-refractivity contribution is 6.33. The summed E-state index contributed by atoms with van der Waals surface area (Å²) in [6.07, 6.45) is 0. The van der Waals surface area contributed by atoms with E-state index in [4.69, 9.17) is 11.6 Å². The molecule has 0 aliphatic carbocycles. The zero-order valence-electron chi connectivity index (χ0n) is 13.2. The number of para-hydroxylation sites is 2. The summed E-state index contributed by atoms with van der Waals surface area (Å²) in [5.74, 6) is -0.385. The molecule has 0 heterocycles. The minimum Gasteiger partial charge on any atom is -0.311 e. The van der Waals surface area contributed by atoms with Gasteiger partial charge in [-0.25, -0.2) is 0 Å². The average Bonchev–Trinajstić information content (AvgIpc) is 2.55. The fourth-order valence-corrected chi connectivity index (χ4v) is 2.61. The van der Waals surface area contributed by atoms with E-state index >= 15 is 0 Å². The largest absolute Gasteiger partial charge is 0.311 e. The maximum atomic E-state index is 12.7. The zero-order chi connectivity index (χ0) is 16.8. The fourth-order valence-electron chi connectivity index (χ4n) is 2.37. The lowest BCUT2D eigenvalue weighted by molar-refractivity contribution is -0.121. The second-order valence-corrected chi connectivity index (χ2v) is 5.44. The quantitative estimate of drug-likeness (QED) is 0.837. The molecule has 4 nitrogen and oxygen atoms in total. The molecule has 0 spiro atoms. The second-order valence-electron chi connectivity index (χ2n) is 5.03. The summed E-state index contributed by atoms with van der Waals surface area (Å²) in [7, 11) is 0. The molecule has 0 saturated carbocycles. The van der Waals surface area contributed by atoms with E-state index in [9.17, 15) is 9.59 Å². The second kappa shape index (κ2) is 7.79. The van der Waals surface area contributed by atoms with Crippen LogP contribution in [0.15, 0.2) is 54.6 Å². The maximum Gasteiger partial charge on any atom is 0.247 e. The van der Waals surface area contributed by atoms with E-state index in [1.54, 1.807) is 29.2 Å². The molecule has 0 aliphatic heterocycles. The summed E-state index contributed by atoms with van der Waals surface area (Å²) in [4.78, 5) is 27.7. The molecule has 23 heavy (non-hydrogen) atoms. The van der Waals surface area contributed by atoms with Crippen LogP contribution in [0.5, 0.6) is 0 Å². The molecule has 0 unspecified atom stereocenters. The van der Waals surface area contributed by atoms with Crippen molar-refractivity contribution in [1.82, 2.24) is 0 Å². The Hall–Kier alpha value is -2.33. The lowest BCUT2D eigenvalue weighted by Crippen LogP contribution is -2.42. The van der Waals surface area contributed by atoms with Gasteiger partial charge in [-0.3, -0.25) is 9.59 Å². The highest BCUT2D eigenvalue weighted by atomic mass is 35.5. The molecule has 5 heteroatoms. The van der Waals surface area contributed by atoms with Crippen LogP contribution in [0.1, 0.15) is 13.8 Å². The standard InChI is InChI=1S/C18H19ClN2O2/c1-3-20(15-9-5-4-6-10-15)18(23)13-21(14(2)22)17-12-8-7-11-16(17)19/h4-12H,3,13H2,1-2H3. The first kappa shape index (κ1) is 17.0. The number of likely N-dealkylation sites (N-methyl/N-ethyl adjacent to an activating group) is 1. The van der Waals surface area contributed by atoms with Crippen molar-refractivity contribution in [3.8, 4) is 0 Å². The molecule has 0 aromatic heterocycles. The van der Waals surface area contributed by atoms with Gasteiger partial charge in [0, 0.05) is 19.2 Å². The van der Waals surface area contributed by atoms with Crippen LogP contribution < -0.4 is 9.80 Å². The lowest BCUT2D eigenvalue weighted by Gasteiger charge is -2.26. The molecule has 120 valence electrons. The van der Waals surface area contributed by atoms with E-state index in [0.29, 0.717) is 17.3 Å². The number of carbonyl (C=O) groups is 2. The number of benzene rings is 2. The molecule has 0 atom stereocenters. The van der Waals surface area contributed by atoms with Gasteiger partial charge in [-0.1, -0.05) is 41.9 Å². The van der Waals surface area contributed by atoms with E-state index in [-0.39, 0.29) is 18.4 Å². The van der Waals surface area contributed by atoms with Gasteiger partial charge in [-0.2, -0.15) is 0 Å². The first-order valence-corrected chi connectivity index (χ1v) is 7.80. The smallest absolute Gasteiger partial charge is 0.247 e. The molecule has 2 rings (SSSR count). The summed E-state index contributed by atoms with van der Waals surface area (Å²) in [6, 6.07) is 16.4. The van der Waals surface area contributed by atoms with Gasteiger partial charge in [0.2, 0.25) is 11.8 Å². The van der Waals surface area contributed by atoms with Crippen molar-refractivity contribution < 1.29 is 9.59 Å². The molecule has 2 aromatic rings. The average molecular weight is 331 g/mol. The minimum absolute atomic E-state index is 0.0538. The number of carbonyl (C=O) groups excluding carboxylic acids is 2. The van der Waals surface area contributed by atoms with E-state index in [1.165, 1.54) is 11.8 Å². The number of nitrogens with zero attached hydrogens (tertiary/aromatic N) is 2. The van der Waals surface area contributed by atoms with Crippen LogP contribution in [0.3, 0.4) is 0 Å². The fraction of sp³-hybridized carbons (Fsp3) is 0.222. The van der Waals surface area contributed by atoms with Crippen LogP contribution in [-0.2, 0) is 9.59 Å². The van der Waals surface area contributed by atoms with Crippen LogP contribution in [0.25, 0.3) is 0 Å². The number of hydrogen-bond acceptors (Lipinski definition) is 2. The zero-order valence-corrected chi connectivity index (χ0v) is 14.0. The first-order valence-electron chi connectivity index (χ1n) is 7.42. The molecular weight excluding hydrogens is 312 g/mol. The minimum atomic E-state index is -0.226. The van der Waals surface area contributed by atoms with Gasteiger partial charge in [-0.15, -0.1) is 0 Å². The third-order valence-electron chi connectivity index (χ3n) is 3.50. The summed E-state index contributed by atoms with van der Waals surface area (Å²) in [6.45, 7) is 3.80. The number of amides is 2. The number of hydrogen-bond donors (Lipinski definition) is 0. The van der Waals surface area contributed by atoms with Gasteiger partial charge < -0.3 is 9.80 Å². The van der Waals surface area contributed by atoms with Crippen molar-refractivity contribution in [2.45, 2.75) is 13.8 Å². The Labute approximate surface area is 141 Å².